The van der Waals surface area contributed by atoms with Crippen LogP contribution in [0.15, 0.2) is 24.0 Å². The van der Waals surface area contributed by atoms with E-state index >= 15 is 0 Å². The minimum Gasteiger partial charge on any atom is -0.497 e. The zero-order chi connectivity index (χ0) is 15.7. The van der Waals surface area contributed by atoms with Gasteiger partial charge in [0.2, 0.25) is 0 Å². The lowest BCUT2D eigenvalue weighted by atomic mass is 9.81. The standard InChI is InChI=1S/C19H24F2O/c1-12-3-6-14(7-4-12)17-10-8-15(11-22-17)16-9-5-13(2)18(20)19(16)21/h5,9-10,12,14-15H,3-4,6-8,11H2,1-2H3. The number of halogens is 2. The van der Waals surface area contributed by atoms with Gasteiger partial charge >= 0.3 is 0 Å². The molecule has 0 amide bonds. The molecule has 0 radical (unpaired) electrons. The van der Waals surface area contributed by atoms with Crippen molar-refractivity contribution in [1.82, 2.24) is 0 Å². The van der Waals surface area contributed by atoms with Gasteiger partial charge in [-0.1, -0.05) is 31.9 Å². The molecular formula is C19H24F2O. The molecule has 1 heterocycles. The first kappa shape index (κ1) is 15.5. The highest BCUT2D eigenvalue weighted by Gasteiger charge is 2.28. The van der Waals surface area contributed by atoms with Crippen molar-refractivity contribution in [2.24, 2.45) is 11.8 Å². The van der Waals surface area contributed by atoms with E-state index in [1.807, 2.05) is 0 Å². The van der Waals surface area contributed by atoms with Gasteiger partial charge < -0.3 is 4.74 Å². The number of ether oxygens (including phenoxy) is 1. The van der Waals surface area contributed by atoms with Crippen LogP contribution in [0.5, 0.6) is 0 Å². The zero-order valence-corrected chi connectivity index (χ0v) is 13.4. The van der Waals surface area contributed by atoms with Crippen molar-refractivity contribution in [1.29, 1.82) is 0 Å². The highest BCUT2D eigenvalue weighted by Crippen LogP contribution is 2.37. The highest BCUT2D eigenvalue weighted by molar-refractivity contribution is 5.29. The summed E-state index contributed by atoms with van der Waals surface area (Å²) in [5.74, 6) is 0.901. The minimum atomic E-state index is -0.728. The third kappa shape index (κ3) is 3.04. The number of rotatable bonds is 2. The highest BCUT2D eigenvalue weighted by atomic mass is 19.2. The largest absolute Gasteiger partial charge is 0.497 e. The van der Waals surface area contributed by atoms with Gasteiger partial charge in [0.05, 0.1) is 12.4 Å². The fraction of sp³-hybridized carbons (Fsp3) is 0.579. The first-order valence-corrected chi connectivity index (χ1v) is 8.33. The summed E-state index contributed by atoms with van der Waals surface area (Å²) in [6.45, 7) is 4.34. The van der Waals surface area contributed by atoms with Crippen LogP contribution >= 0.6 is 0 Å². The molecule has 3 rings (SSSR count). The lowest BCUT2D eigenvalue weighted by molar-refractivity contribution is 0.124. The van der Waals surface area contributed by atoms with Gasteiger partial charge in [-0.2, -0.15) is 0 Å². The molecule has 0 aromatic heterocycles. The maximum Gasteiger partial charge on any atom is 0.162 e. The second-order valence-electron chi connectivity index (χ2n) is 6.91. The Morgan fingerprint density at radius 2 is 1.73 bits per heavy atom. The first-order valence-electron chi connectivity index (χ1n) is 8.33. The molecule has 1 fully saturated rings. The van der Waals surface area contributed by atoms with Gasteiger partial charge in [-0.05, 0) is 49.3 Å². The Bertz CT molecular complexity index is 571. The van der Waals surface area contributed by atoms with Crippen LogP contribution in [0.25, 0.3) is 0 Å². The van der Waals surface area contributed by atoms with Gasteiger partial charge in [-0.15, -0.1) is 0 Å². The molecule has 1 nitrogen and oxygen atoms in total. The van der Waals surface area contributed by atoms with Gasteiger partial charge in [-0.3, -0.25) is 0 Å². The van der Waals surface area contributed by atoms with Gasteiger partial charge in [-0.25, -0.2) is 8.78 Å². The van der Waals surface area contributed by atoms with E-state index in [4.69, 9.17) is 4.74 Å². The Hall–Kier alpha value is -1.38. The molecule has 1 aromatic rings. The molecule has 120 valence electrons. The second-order valence-corrected chi connectivity index (χ2v) is 6.91. The molecule has 1 unspecified atom stereocenters. The Kier molecular flexibility index (Phi) is 4.51. The van der Waals surface area contributed by atoms with Gasteiger partial charge in [0.25, 0.3) is 0 Å². The monoisotopic (exact) mass is 306 g/mol. The number of aryl methyl sites for hydroxylation is 1. The number of allylic oxidation sites excluding steroid dienone is 2. The fourth-order valence-corrected chi connectivity index (χ4v) is 3.60. The predicted molar refractivity (Wildman–Crippen MR) is 83.6 cm³/mol. The van der Waals surface area contributed by atoms with Crippen molar-refractivity contribution in [3.05, 3.63) is 46.7 Å². The number of hydrogen-bond donors (Lipinski definition) is 0. The van der Waals surface area contributed by atoms with Crippen molar-refractivity contribution in [2.75, 3.05) is 6.61 Å². The summed E-state index contributed by atoms with van der Waals surface area (Å²) in [6, 6.07) is 3.35. The van der Waals surface area contributed by atoms with Crippen LogP contribution < -0.4 is 0 Å². The average Bonchev–Trinajstić information content (AvgIpc) is 2.54. The Morgan fingerprint density at radius 3 is 2.36 bits per heavy atom. The molecule has 1 saturated carbocycles. The summed E-state index contributed by atoms with van der Waals surface area (Å²) in [7, 11) is 0. The normalized spacial score (nSPS) is 28.9. The van der Waals surface area contributed by atoms with E-state index < -0.39 is 11.6 Å². The Labute approximate surface area is 131 Å². The van der Waals surface area contributed by atoms with Crippen LogP contribution in [0.1, 0.15) is 56.1 Å². The summed E-state index contributed by atoms with van der Waals surface area (Å²) in [6.07, 6.45) is 7.72. The molecule has 0 spiro atoms. The van der Waals surface area contributed by atoms with Crippen LogP contribution in [-0.2, 0) is 4.74 Å². The maximum absolute atomic E-state index is 14.1. The molecule has 1 aromatic carbocycles. The molecule has 22 heavy (non-hydrogen) atoms. The molecule has 0 saturated heterocycles. The second kappa shape index (κ2) is 6.39. The lowest BCUT2D eigenvalue weighted by Gasteiger charge is -2.32. The van der Waals surface area contributed by atoms with Crippen molar-refractivity contribution < 1.29 is 13.5 Å². The van der Waals surface area contributed by atoms with Crippen molar-refractivity contribution in [2.45, 2.75) is 51.9 Å². The molecule has 3 heteroatoms. The van der Waals surface area contributed by atoms with Crippen LogP contribution in [0.2, 0.25) is 0 Å². The topological polar surface area (TPSA) is 9.23 Å². The van der Waals surface area contributed by atoms with Crippen LogP contribution in [0.3, 0.4) is 0 Å². The van der Waals surface area contributed by atoms with E-state index in [0.29, 0.717) is 23.7 Å². The van der Waals surface area contributed by atoms with Crippen LogP contribution in [0.4, 0.5) is 8.78 Å². The quantitative estimate of drug-likeness (QED) is 0.702. The van der Waals surface area contributed by atoms with E-state index in [2.05, 4.69) is 13.0 Å². The van der Waals surface area contributed by atoms with Crippen molar-refractivity contribution in [3.8, 4) is 0 Å². The smallest absolute Gasteiger partial charge is 0.162 e. The minimum absolute atomic E-state index is 0.0821. The molecule has 2 aliphatic rings. The van der Waals surface area contributed by atoms with Crippen LogP contribution in [0, 0.1) is 30.4 Å². The van der Waals surface area contributed by atoms with E-state index in [-0.39, 0.29) is 5.92 Å². The third-order valence-electron chi connectivity index (χ3n) is 5.22. The summed E-state index contributed by atoms with van der Waals surface area (Å²) in [5, 5.41) is 0. The number of hydrogen-bond acceptors (Lipinski definition) is 1. The van der Waals surface area contributed by atoms with Crippen molar-refractivity contribution >= 4 is 0 Å². The van der Waals surface area contributed by atoms with Gasteiger partial charge in [0.15, 0.2) is 11.6 Å². The fourth-order valence-electron chi connectivity index (χ4n) is 3.60. The lowest BCUT2D eigenvalue weighted by Crippen LogP contribution is -2.21. The number of benzene rings is 1. The molecular weight excluding hydrogens is 282 g/mol. The van der Waals surface area contributed by atoms with E-state index in [0.717, 1.165) is 18.1 Å². The van der Waals surface area contributed by atoms with Gasteiger partial charge in [0, 0.05) is 11.8 Å². The van der Waals surface area contributed by atoms with Crippen molar-refractivity contribution in [3.63, 3.8) is 0 Å². The summed E-state index contributed by atoms with van der Waals surface area (Å²) in [5.41, 5.74) is 0.793. The molecule has 0 N–H and O–H groups in total. The Morgan fingerprint density at radius 1 is 1.00 bits per heavy atom. The predicted octanol–water partition coefficient (Wildman–Crippen LogP) is 5.49. The first-order chi connectivity index (χ1) is 10.6. The zero-order valence-electron chi connectivity index (χ0n) is 13.4. The molecule has 1 aliphatic carbocycles. The Balaban J connectivity index is 1.70. The van der Waals surface area contributed by atoms with E-state index in [9.17, 15) is 8.78 Å². The molecule has 1 aliphatic heterocycles. The summed E-state index contributed by atoms with van der Waals surface area (Å²) >= 11 is 0. The molecule has 1 atom stereocenters. The summed E-state index contributed by atoms with van der Waals surface area (Å²) in [4.78, 5) is 0. The summed E-state index contributed by atoms with van der Waals surface area (Å²) < 4.78 is 33.7. The maximum atomic E-state index is 14.1. The third-order valence-corrected chi connectivity index (χ3v) is 5.22. The van der Waals surface area contributed by atoms with E-state index in [1.165, 1.54) is 25.7 Å². The van der Waals surface area contributed by atoms with Crippen LogP contribution in [-0.4, -0.2) is 6.61 Å². The SMILES string of the molecule is Cc1ccc(C2CC=C(C3CCC(C)CC3)OC2)c(F)c1F. The van der Waals surface area contributed by atoms with Gasteiger partial charge in [0.1, 0.15) is 0 Å². The molecule has 0 bridgehead atoms. The average molecular weight is 306 g/mol. The van der Waals surface area contributed by atoms with E-state index in [1.54, 1.807) is 19.1 Å².